The van der Waals surface area contributed by atoms with E-state index in [1.165, 1.54) is 46.2 Å². The number of aromatic hydroxyl groups is 1. The van der Waals surface area contributed by atoms with Gasteiger partial charge in [-0.1, -0.05) is 66.4 Å². The minimum Gasteiger partial charge on any atom is -0.508 e. The second-order valence-electron chi connectivity index (χ2n) is 6.07. The summed E-state index contributed by atoms with van der Waals surface area (Å²) >= 11 is 1.79. The zero-order valence-corrected chi connectivity index (χ0v) is 17.6. The summed E-state index contributed by atoms with van der Waals surface area (Å²) in [7, 11) is -3.81. The number of rotatable bonds is 5. The van der Waals surface area contributed by atoms with Gasteiger partial charge < -0.3 is 9.29 Å². The Morgan fingerprint density at radius 2 is 1.03 bits per heavy atom. The summed E-state index contributed by atoms with van der Waals surface area (Å²) in [6, 6.07) is 34.2. The minimum absolute atomic E-state index is 0.0504. The van der Waals surface area contributed by atoms with Crippen LogP contribution in [0.1, 0.15) is 0 Å². The molecule has 0 atom stereocenters. The Kier molecular flexibility index (Phi) is 7.54. The molecular formula is C24H20O4S2. The third-order valence-electron chi connectivity index (χ3n) is 3.80. The molecule has 30 heavy (non-hydrogen) atoms. The van der Waals surface area contributed by atoms with Crippen molar-refractivity contribution in [2.24, 2.45) is 0 Å². The molecule has 0 fully saturated rings. The Labute approximate surface area is 180 Å². The average molecular weight is 437 g/mol. The first kappa shape index (κ1) is 21.5. The van der Waals surface area contributed by atoms with Gasteiger partial charge in [-0.2, -0.15) is 8.42 Å². The summed E-state index contributed by atoms with van der Waals surface area (Å²) in [4.78, 5) is 2.66. The highest BCUT2D eigenvalue weighted by molar-refractivity contribution is 7.99. The lowest BCUT2D eigenvalue weighted by molar-refractivity contribution is 0.468. The third-order valence-corrected chi connectivity index (χ3v) is 6.07. The van der Waals surface area contributed by atoms with Crippen LogP contribution >= 0.6 is 11.8 Å². The van der Waals surface area contributed by atoms with Gasteiger partial charge in [-0.25, -0.2) is 0 Å². The van der Waals surface area contributed by atoms with Crippen LogP contribution in [-0.4, -0.2) is 13.5 Å². The van der Waals surface area contributed by atoms with E-state index in [1.54, 1.807) is 30.0 Å². The lowest BCUT2D eigenvalue weighted by Crippen LogP contribution is -2.09. The van der Waals surface area contributed by atoms with Crippen molar-refractivity contribution in [3.63, 3.8) is 0 Å². The third kappa shape index (κ3) is 6.69. The fourth-order valence-electron chi connectivity index (χ4n) is 2.38. The molecule has 152 valence electrons. The fraction of sp³-hybridized carbons (Fsp3) is 0. The van der Waals surface area contributed by atoms with Gasteiger partial charge in [-0.3, -0.25) is 0 Å². The minimum atomic E-state index is -3.81. The van der Waals surface area contributed by atoms with Crippen LogP contribution < -0.4 is 4.18 Å². The van der Waals surface area contributed by atoms with Crippen LogP contribution in [0.2, 0.25) is 0 Å². The van der Waals surface area contributed by atoms with E-state index in [4.69, 9.17) is 9.29 Å². The van der Waals surface area contributed by atoms with Crippen molar-refractivity contribution < 1.29 is 17.7 Å². The molecule has 0 saturated carbocycles. The summed E-state index contributed by atoms with van der Waals surface area (Å²) in [5, 5.41) is 9.07. The van der Waals surface area contributed by atoms with Crippen LogP contribution in [0.15, 0.2) is 130 Å². The predicted octanol–water partition coefficient (Wildman–Crippen LogP) is 6.00. The molecular weight excluding hydrogens is 416 g/mol. The molecule has 0 saturated heterocycles. The predicted molar refractivity (Wildman–Crippen MR) is 119 cm³/mol. The van der Waals surface area contributed by atoms with E-state index in [0.717, 1.165) is 0 Å². The Bertz CT molecular complexity index is 1090. The van der Waals surface area contributed by atoms with Crippen LogP contribution in [0, 0.1) is 0 Å². The molecule has 0 aliphatic heterocycles. The highest BCUT2D eigenvalue weighted by atomic mass is 32.2. The second-order valence-corrected chi connectivity index (χ2v) is 8.77. The van der Waals surface area contributed by atoms with Gasteiger partial charge in [-0.15, -0.1) is 0 Å². The highest BCUT2D eigenvalue weighted by Gasteiger charge is 2.15. The zero-order valence-electron chi connectivity index (χ0n) is 16.0. The monoisotopic (exact) mass is 436 g/mol. The first-order valence-corrected chi connectivity index (χ1v) is 11.3. The number of hydrogen-bond donors (Lipinski definition) is 1. The lowest BCUT2D eigenvalue weighted by Gasteiger charge is -2.06. The van der Waals surface area contributed by atoms with Gasteiger partial charge in [0.15, 0.2) is 0 Å². The van der Waals surface area contributed by atoms with Crippen LogP contribution in [-0.2, 0) is 10.1 Å². The molecule has 0 aliphatic rings. The van der Waals surface area contributed by atoms with E-state index in [0.29, 0.717) is 0 Å². The molecule has 1 N–H and O–H groups in total. The van der Waals surface area contributed by atoms with Gasteiger partial charge in [-0.05, 0) is 60.7 Å². The van der Waals surface area contributed by atoms with E-state index >= 15 is 0 Å². The topological polar surface area (TPSA) is 63.6 Å². The summed E-state index contributed by atoms with van der Waals surface area (Å²) in [5.41, 5.74) is 0. The van der Waals surface area contributed by atoms with Gasteiger partial charge in [0.25, 0.3) is 0 Å². The first-order chi connectivity index (χ1) is 14.5. The van der Waals surface area contributed by atoms with E-state index in [-0.39, 0.29) is 16.4 Å². The van der Waals surface area contributed by atoms with Crippen molar-refractivity contribution in [2.75, 3.05) is 0 Å². The SMILES string of the molecule is O=S(=O)(Oc1ccc(O)cc1)c1ccccc1.c1ccc(Sc2ccccc2)cc1. The molecule has 4 aromatic carbocycles. The van der Waals surface area contributed by atoms with Crippen molar-refractivity contribution in [3.8, 4) is 11.5 Å². The number of phenolic OH excluding ortho intramolecular Hbond substituents is 1. The second kappa shape index (κ2) is 10.5. The molecule has 0 aliphatic carbocycles. The van der Waals surface area contributed by atoms with Crippen LogP contribution in [0.4, 0.5) is 0 Å². The Morgan fingerprint density at radius 1 is 0.600 bits per heavy atom. The molecule has 6 heteroatoms. The summed E-state index contributed by atoms with van der Waals surface area (Å²) < 4.78 is 28.5. The standard InChI is InChI=1S/C12H10O4S.C12H10S/c13-10-6-8-11(9-7-10)16-17(14,15)12-4-2-1-3-5-12;1-3-7-11(8-4-1)13-12-9-5-2-6-10-12/h1-9,13H;1-10H. The Hall–Kier alpha value is -3.22. The van der Waals surface area contributed by atoms with Gasteiger partial charge in [0.1, 0.15) is 16.4 Å². The highest BCUT2D eigenvalue weighted by Crippen LogP contribution is 2.26. The average Bonchev–Trinajstić information content (AvgIpc) is 2.78. The smallest absolute Gasteiger partial charge is 0.339 e. The lowest BCUT2D eigenvalue weighted by atomic mass is 10.3. The fourth-order valence-corrected chi connectivity index (χ4v) is 4.19. The van der Waals surface area contributed by atoms with Gasteiger partial charge in [0, 0.05) is 9.79 Å². The molecule has 0 amide bonds. The van der Waals surface area contributed by atoms with Crippen LogP contribution in [0.5, 0.6) is 11.5 Å². The number of phenols is 1. The van der Waals surface area contributed by atoms with Crippen molar-refractivity contribution in [3.05, 3.63) is 115 Å². The van der Waals surface area contributed by atoms with E-state index < -0.39 is 10.1 Å². The molecule has 4 aromatic rings. The summed E-state index contributed by atoms with van der Waals surface area (Å²) in [6.07, 6.45) is 0. The molecule has 0 unspecified atom stereocenters. The quantitative estimate of drug-likeness (QED) is 0.389. The zero-order chi connectivity index (χ0) is 21.2. The first-order valence-electron chi connectivity index (χ1n) is 9.09. The number of benzene rings is 4. The molecule has 0 heterocycles. The Balaban J connectivity index is 0.000000177. The van der Waals surface area contributed by atoms with Gasteiger partial charge in [0.2, 0.25) is 0 Å². The maximum absolute atomic E-state index is 11.8. The van der Waals surface area contributed by atoms with Crippen LogP contribution in [0.3, 0.4) is 0 Å². The summed E-state index contributed by atoms with van der Waals surface area (Å²) in [5.74, 6) is 0.209. The molecule has 4 rings (SSSR count). The molecule has 0 radical (unpaired) electrons. The van der Waals surface area contributed by atoms with Crippen molar-refractivity contribution in [2.45, 2.75) is 14.7 Å². The molecule has 0 bridgehead atoms. The Morgan fingerprint density at radius 3 is 1.50 bits per heavy atom. The number of hydrogen-bond acceptors (Lipinski definition) is 5. The summed E-state index contributed by atoms with van der Waals surface area (Å²) in [6.45, 7) is 0. The maximum Gasteiger partial charge on any atom is 0.339 e. The largest absolute Gasteiger partial charge is 0.508 e. The molecule has 4 nitrogen and oxygen atoms in total. The van der Waals surface area contributed by atoms with Crippen molar-refractivity contribution in [1.82, 2.24) is 0 Å². The van der Waals surface area contributed by atoms with Gasteiger partial charge >= 0.3 is 10.1 Å². The molecule has 0 aromatic heterocycles. The van der Waals surface area contributed by atoms with E-state index in [2.05, 4.69) is 48.5 Å². The molecule has 0 spiro atoms. The van der Waals surface area contributed by atoms with Gasteiger partial charge in [0.05, 0.1) is 0 Å². The van der Waals surface area contributed by atoms with Crippen molar-refractivity contribution >= 4 is 21.9 Å². The van der Waals surface area contributed by atoms with Crippen molar-refractivity contribution in [1.29, 1.82) is 0 Å². The van der Waals surface area contributed by atoms with Crippen LogP contribution in [0.25, 0.3) is 0 Å². The van der Waals surface area contributed by atoms with E-state index in [9.17, 15) is 8.42 Å². The maximum atomic E-state index is 11.8. The normalized spacial score (nSPS) is 10.5. The van der Waals surface area contributed by atoms with E-state index in [1.807, 2.05) is 12.1 Å².